The lowest BCUT2D eigenvalue weighted by atomic mass is 9.85. The summed E-state index contributed by atoms with van der Waals surface area (Å²) in [5.41, 5.74) is 0. The summed E-state index contributed by atoms with van der Waals surface area (Å²) in [6.07, 6.45) is 9.03. The molecule has 2 N–H and O–H groups in total. The van der Waals surface area contributed by atoms with Gasteiger partial charge in [0.25, 0.3) is 0 Å². The first-order valence-corrected chi connectivity index (χ1v) is 10.9. The van der Waals surface area contributed by atoms with Crippen molar-refractivity contribution in [1.29, 1.82) is 0 Å². The van der Waals surface area contributed by atoms with Crippen molar-refractivity contribution in [2.24, 2.45) is 28.7 Å². The highest BCUT2D eigenvalue weighted by Crippen LogP contribution is 2.52. The maximum absolute atomic E-state index is 12.7. The second-order valence-electron chi connectivity index (χ2n) is 8.49. The topological polar surface area (TPSA) is 77.0 Å². The highest BCUT2D eigenvalue weighted by molar-refractivity contribution is 14.0. The maximum Gasteiger partial charge on any atom is 0.233 e. The van der Waals surface area contributed by atoms with Crippen LogP contribution in [0.4, 0.5) is 0 Å². The van der Waals surface area contributed by atoms with Crippen LogP contribution in [0.15, 0.2) is 17.1 Å². The van der Waals surface area contributed by atoms with E-state index in [0.29, 0.717) is 19.1 Å². The van der Waals surface area contributed by atoms with Crippen LogP contribution < -0.4 is 10.6 Å². The van der Waals surface area contributed by atoms with Gasteiger partial charge in [0, 0.05) is 32.7 Å². The Balaban J connectivity index is 0.00000240. The van der Waals surface area contributed by atoms with Gasteiger partial charge in [0.05, 0.1) is 11.8 Å². The molecule has 8 heteroatoms. The zero-order chi connectivity index (χ0) is 19.7. The Morgan fingerprint density at radius 1 is 1.14 bits per heavy atom. The number of likely N-dealkylation sites (N-methyl/N-ethyl adjacent to an activating group) is 1. The van der Waals surface area contributed by atoms with Gasteiger partial charge in [-0.2, -0.15) is 0 Å². The van der Waals surface area contributed by atoms with Crippen molar-refractivity contribution in [2.75, 3.05) is 39.8 Å². The normalized spacial score (nSPS) is 33.8. The number of amides is 2. The Kier molecular flexibility index (Phi) is 7.58. The summed E-state index contributed by atoms with van der Waals surface area (Å²) in [5.74, 6) is 1.13. The largest absolute Gasteiger partial charge is 0.355 e. The number of hydrogen-bond acceptors (Lipinski definition) is 4. The SMILES string of the molecule is CCN1CCCCC1CNC(=NC)NCCN1C(=O)C2C3C=CC(C3)C2C1=O.I. The molecule has 0 aromatic heterocycles. The van der Waals surface area contributed by atoms with E-state index in [9.17, 15) is 9.59 Å². The lowest BCUT2D eigenvalue weighted by Gasteiger charge is -2.35. The van der Waals surface area contributed by atoms with Crippen LogP contribution >= 0.6 is 24.0 Å². The van der Waals surface area contributed by atoms with Crippen LogP contribution in [0.25, 0.3) is 0 Å². The molecule has 4 aliphatic rings. The number of nitrogens with zero attached hydrogens (tertiary/aromatic N) is 3. The van der Waals surface area contributed by atoms with Crippen molar-refractivity contribution in [2.45, 2.75) is 38.6 Å². The van der Waals surface area contributed by atoms with Gasteiger partial charge in [-0.3, -0.25) is 24.4 Å². The van der Waals surface area contributed by atoms with Crippen LogP contribution in [0, 0.1) is 23.7 Å². The molecule has 2 bridgehead atoms. The summed E-state index contributed by atoms with van der Waals surface area (Å²) in [6.45, 7) is 6.28. The van der Waals surface area contributed by atoms with E-state index in [1.807, 2.05) is 0 Å². The van der Waals surface area contributed by atoms with Crippen molar-refractivity contribution in [3.05, 3.63) is 12.2 Å². The van der Waals surface area contributed by atoms with E-state index < -0.39 is 0 Å². The van der Waals surface area contributed by atoms with Gasteiger partial charge in [0.1, 0.15) is 0 Å². The summed E-state index contributed by atoms with van der Waals surface area (Å²) >= 11 is 0. The van der Waals surface area contributed by atoms with Crippen LogP contribution in [-0.4, -0.2) is 73.4 Å². The molecule has 2 saturated heterocycles. The molecule has 0 radical (unpaired) electrons. The molecule has 3 fully saturated rings. The Labute approximate surface area is 190 Å². The molecule has 0 aromatic rings. The van der Waals surface area contributed by atoms with E-state index in [0.717, 1.165) is 25.5 Å². The molecule has 0 aromatic carbocycles. The first-order chi connectivity index (χ1) is 13.6. The Morgan fingerprint density at radius 3 is 2.45 bits per heavy atom. The van der Waals surface area contributed by atoms with Crippen LogP contribution in [-0.2, 0) is 9.59 Å². The van der Waals surface area contributed by atoms with Crippen LogP contribution in [0.2, 0.25) is 0 Å². The fraction of sp³-hybridized carbons (Fsp3) is 0.762. The molecule has 2 aliphatic carbocycles. The maximum atomic E-state index is 12.7. The zero-order valence-electron chi connectivity index (χ0n) is 17.5. The fourth-order valence-corrected chi connectivity index (χ4v) is 5.61. The number of nitrogens with one attached hydrogen (secondary N) is 2. The molecule has 0 spiro atoms. The quantitative estimate of drug-likeness (QED) is 0.184. The van der Waals surface area contributed by atoms with Gasteiger partial charge in [-0.15, -0.1) is 24.0 Å². The first kappa shape index (κ1) is 22.5. The number of aliphatic imine (C=N–C) groups is 1. The summed E-state index contributed by atoms with van der Waals surface area (Å²) in [4.78, 5) is 33.7. The predicted molar refractivity (Wildman–Crippen MR) is 124 cm³/mol. The number of carbonyl (C=O) groups is 2. The summed E-state index contributed by atoms with van der Waals surface area (Å²) in [6, 6.07) is 0.543. The second kappa shape index (κ2) is 9.76. The van der Waals surface area contributed by atoms with Crippen molar-refractivity contribution < 1.29 is 9.59 Å². The Hall–Kier alpha value is -1.16. The number of allylic oxidation sites excluding steroid dienone is 2. The molecule has 2 amide bonds. The third-order valence-electron chi connectivity index (χ3n) is 7.07. The molecular weight excluding hydrogens is 481 g/mol. The Bertz CT molecular complexity index is 652. The van der Waals surface area contributed by atoms with Gasteiger partial charge in [-0.1, -0.05) is 25.5 Å². The van der Waals surface area contributed by atoms with Crippen molar-refractivity contribution in [3.8, 4) is 0 Å². The van der Waals surface area contributed by atoms with Gasteiger partial charge in [0.2, 0.25) is 11.8 Å². The minimum atomic E-state index is -0.105. The lowest BCUT2D eigenvalue weighted by Crippen LogP contribution is -2.50. The van der Waals surface area contributed by atoms with Crippen molar-refractivity contribution in [3.63, 3.8) is 0 Å². The van der Waals surface area contributed by atoms with E-state index in [2.05, 4.69) is 39.6 Å². The van der Waals surface area contributed by atoms with Gasteiger partial charge in [0.15, 0.2) is 5.96 Å². The number of imide groups is 1. The van der Waals surface area contributed by atoms with E-state index in [1.165, 1.54) is 30.7 Å². The summed E-state index contributed by atoms with van der Waals surface area (Å²) in [7, 11) is 1.76. The number of likely N-dealkylation sites (tertiary alicyclic amines) is 2. The minimum absolute atomic E-state index is 0. The summed E-state index contributed by atoms with van der Waals surface area (Å²) < 4.78 is 0. The molecule has 1 saturated carbocycles. The van der Waals surface area contributed by atoms with E-state index in [4.69, 9.17) is 0 Å². The third kappa shape index (κ3) is 4.33. The molecule has 5 atom stereocenters. The molecule has 4 rings (SSSR count). The Morgan fingerprint density at radius 2 is 1.83 bits per heavy atom. The van der Waals surface area contributed by atoms with E-state index in [1.54, 1.807) is 7.05 Å². The predicted octanol–water partition coefficient (Wildman–Crippen LogP) is 1.45. The van der Waals surface area contributed by atoms with Gasteiger partial charge < -0.3 is 10.6 Å². The number of piperidine rings is 1. The molecule has 29 heavy (non-hydrogen) atoms. The molecule has 5 unspecified atom stereocenters. The number of carbonyl (C=O) groups excluding carboxylic acids is 2. The monoisotopic (exact) mass is 515 g/mol. The average Bonchev–Trinajstić information content (AvgIpc) is 3.40. The number of rotatable bonds is 6. The highest BCUT2D eigenvalue weighted by Gasteiger charge is 2.58. The molecule has 162 valence electrons. The van der Waals surface area contributed by atoms with Gasteiger partial charge in [-0.25, -0.2) is 0 Å². The first-order valence-electron chi connectivity index (χ1n) is 10.9. The molecule has 7 nitrogen and oxygen atoms in total. The highest BCUT2D eigenvalue weighted by atomic mass is 127. The third-order valence-corrected chi connectivity index (χ3v) is 7.07. The average molecular weight is 515 g/mol. The van der Waals surface area contributed by atoms with Gasteiger partial charge in [-0.05, 0) is 44.2 Å². The minimum Gasteiger partial charge on any atom is -0.355 e. The lowest BCUT2D eigenvalue weighted by molar-refractivity contribution is -0.140. The molecular formula is C21H34IN5O2. The second-order valence-corrected chi connectivity index (χ2v) is 8.49. The van der Waals surface area contributed by atoms with E-state index >= 15 is 0 Å². The fourth-order valence-electron chi connectivity index (χ4n) is 5.61. The van der Waals surface area contributed by atoms with Crippen molar-refractivity contribution >= 4 is 41.8 Å². The van der Waals surface area contributed by atoms with Gasteiger partial charge >= 0.3 is 0 Å². The smallest absolute Gasteiger partial charge is 0.233 e. The number of halogens is 1. The van der Waals surface area contributed by atoms with Crippen LogP contribution in [0.5, 0.6) is 0 Å². The number of fused-ring (bicyclic) bond motifs is 5. The number of hydrogen-bond donors (Lipinski definition) is 2. The van der Waals surface area contributed by atoms with Crippen molar-refractivity contribution in [1.82, 2.24) is 20.4 Å². The van der Waals surface area contributed by atoms with Crippen LogP contribution in [0.1, 0.15) is 32.6 Å². The van der Waals surface area contributed by atoms with Crippen LogP contribution in [0.3, 0.4) is 0 Å². The molecule has 2 aliphatic heterocycles. The zero-order valence-corrected chi connectivity index (χ0v) is 19.8. The summed E-state index contributed by atoms with van der Waals surface area (Å²) in [5, 5.41) is 6.69. The molecule has 2 heterocycles. The standard InChI is InChI=1S/C21H33N5O2.HI/c1-3-25-10-5-4-6-16(25)13-24-21(22-2)23-9-11-26-19(27)17-14-7-8-15(12-14)18(17)20(26)28;/h7-8,14-18H,3-6,9-13H2,1-2H3,(H2,22,23,24);1H. The van der Waals surface area contributed by atoms with E-state index in [-0.39, 0.29) is 59.5 Å². The number of guanidine groups is 1.